The molecule has 2 aromatic rings. The van der Waals surface area contributed by atoms with E-state index in [0.717, 1.165) is 44.0 Å². The smallest absolute Gasteiger partial charge is 0.306 e. The van der Waals surface area contributed by atoms with Gasteiger partial charge in [0.25, 0.3) is 11.8 Å². The van der Waals surface area contributed by atoms with Gasteiger partial charge in [0.15, 0.2) is 0 Å². The number of benzene rings is 1. The number of nitrogens with zero attached hydrogens (tertiary/aromatic N) is 4. The van der Waals surface area contributed by atoms with Gasteiger partial charge in [0, 0.05) is 44.3 Å². The topological polar surface area (TPSA) is 91.2 Å². The zero-order valence-electron chi connectivity index (χ0n) is 19.3. The van der Waals surface area contributed by atoms with E-state index in [1.54, 1.807) is 18.2 Å². The summed E-state index contributed by atoms with van der Waals surface area (Å²) < 4.78 is 33.1. The number of hydrogen-bond donors (Lipinski definition) is 2. The number of hydrogen-bond acceptors (Lipinski definition) is 6. The number of halogens is 2. The number of nitrogens with one attached hydrogen (secondary N) is 2. The average Bonchev–Trinajstić information content (AvgIpc) is 3.19. The van der Waals surface area contributed by atoms with Gasteiger partial charge in [0.1, 0.15) is 12.2 Å². The van der Waals surface area contributed by atoms with Gasteiger partial charge >= 0.3 is 6.17 Å². The Balaban J connectivity index is 1.36. The molecular formula is C24H28F2N6O3. The number of amides is 2. The van der Waals surface area contributed by atoms with Gasteiger partial charge in [-0.3, -0.25) is 24.3 Å². The van der Waals surface area contributed by atoms with Gasteiger partial charge in [-0.1, -0.05) is 0 Å². The van der Waals surface area contributed by atoms with Crippen LogP contribution in [0.5, 0.6) is 5.75 Å². The number of piperazine rings is 1. The van der Waals surface area contributed by atoms with E-state index in [0.29, 0.717) is 28.8 Å². The lowest BCUT2D eigenvalue weighted by Crippen LogP contribution is -2.43. The van der Waals surface area contributed by atoms with E-state index in [9.17, 15) is 18.4 Å². The standard InChI is InChI=1S/C24H28F2N6O3/c1-27-21-14-24(25,26)16-32(21)22(33)15-30-23(34)18-5-6-29-20-4-3-17(13-19(18)20)35-12-2-9-31-10-7-28-8-11-31/h3-6,13,21,28H,2,7-12,14-16H2,(H,30,34)/t21-/m0/s1. The summed E-state index contributed by atoms with van der Waals surface area (Å²) in [6.45, 7) is 11.3. The van der Waals surface area contributed by atoms with Gasteiger partial charge in [-0.25, -0.2) is 15.4 Å². The number of rotatable bonds is 8. The minimum absolute atomic E-state index is 0.294. The lowest BCUT2D eigenvalue weighted by molar-refractivity contribution is -0.131. The molecule has 2 N–H and O–H groups in total. The van der Waals surface area contributed by atoms with Gasteiger partial charge in [-0.05, 0) is 30.7 Å². The average molecular weight is 487 g/mol. The summed E-state index contributed by atoms with van der Waals surface area (Å²) in [4.78, 5) is 35.8. The Morgan fingerprint density at radius 1 is 1.29 bits per heavy atom. The van der Waals surface area contributed by atoms with Crippen LogP contribution < -0.4 is 15.4 Å². The fourth-order valence-electron chi connectivity index (χ4n) is 4.34. The molecule has 186 valence electrons. The molecule has 4 rings (SSSR count). The number of aromatic nitrogens is 1. The number of pyridine rings is 1. The van der Waals surface area contributed by atoms with Crippen LogP contribution in [-0.4, -0.2) is 91.1 Å². The molecule has 3 heterocycles. The molecule has 11 heteroatoms. The molecule has 2 amide bonds. The number of fused-ring (bicyclic) bond motifs is 1. The molecule has 1 atom stereocenters. The van der Waals surface area contributed by atoms with E-state index in [-0.39, 0.29) is 0 Å². The summed E-state index contributed by atoms with van der Waals surface area (Å²) >= 11 is 0. The van der Waals surface area contributed by atoms with E-state index in [2.05, 4.69) is 25.4 Å². The van der Waals surface area contributed by atoms with Gasteiger partial charge in [0.05, 0.1) is 30.8 Å². The predicted molar refractivity (Wildman–Crippen MR) is 125 cm³/mol. The lowest BCUT2D eigenvalue weighted by atomic mass is 10.1. The van der Waals surface area contributed by atoms with Crippen LogP contribution in [0.15, 0.2) is 30.5 Å². The molecule has 9 nitrogen and oxygen atoms in total. The first-order valence-electron chi connectivity index (χ1n) is 11.6. The largest absolute Gasteiger partial charge is 0.494 e. The van der Waals surface area contributed by atoms with E-state index in [1.807, 2.05) is 0 Å². The SMILES string of the molecule is [C-]#[N+][C@@H]1CC(F)(F)CN1C(=O)CNC(=O)c1ccnc2ccc(OCCCN3CCNCC3)cc12. The van der Waals surface area contributed by atoms with Crippen LogP contribution in [0.25, 0.3) is 15.7 Å². The van der Waals surface area contributed by atoms with Crippen molar-refractivity contribution in [1.82, 2.24) is 25.4 Å². The van der Waals surface area contributed by atoms with E-state index < -0.39 is 43.4 Å². The normalized spacial score (nSPS) is 19.9. The second kappa shape index (κ2) is 10.9. The molecule has 35 heavy (non-hydrogen) atoms. The predicted octanol–water partition coefficient (Wildman–Crippen LogP) is 1.75. The van der Waals surface area contributed by atoms with Gasteiger partial charge < -0.3 is 20.3 Å². The van der Waals surface area contributed by atoms with Crippen molar-refractivity contribution >= 4 is 22.7 Å². The Bertz CT molecular complexity index is 1120. The Kier molecular flexibility index (Phi) is 7.73. The maximum atomic E-state index is 13.6. The van der Waals surface area contributed by atoms with Gasteiger partial charge in [0.2, 0.25) is 5.91 Å². The first kappa shape index (κ1) is 24.8. The Hall–Kier alpha value is -3.36. The van der Waals surface area contributed by atoms with Crippen LogP contribution in [0.3, 0.4) is 0 Å². The number of carbonyl (C=O) groups is 2. The summed E-state index contributed by atoms with van der Waals surface area (Å²) in [6, 6.07) is 6.82. The highest BCUT2D eigenvalue weighted by atomic mass is 19.3. The first-order chi connectivity index (χ1) is 16.9. The quantitative estimate of drug-likeness (QED) is 0.437. The van der Waals surface area contributed by atoms with Crippen LogP contribution >= 0.6 is 0 Å². The molecular weight excluding hydrogens is 458 g/mol. The molecule has 0 aliphatic carbocycles. The zero-order chi connectivity index (χ0) is 24.8. The highest BCUT2D eigenvalue weighted by Crippen LogP contribution is 2.32. The van der Waals surface area contributed by atoms with E-state index in [1.165, 1.54) is 12.3 Å². The third kappa shape index (κ3) is 6.21. The molecule has 2 fully saturated rings. The second-order valence-corrected chi connectivity index (χ2v) is 8.71. The second-order valence-electron chi connectivity index (χ2n) is 8.71. The number of carbonyl (C=O) groups excluding carboxylic acids is 2. The molecule has 2 aliphatic heterocycles. The van der Waals surface area contributed by atoms with Crippen LogP contribution in [0.2, 0.25) is 0 Å². The third-order valence-electron chi connectivity index (χ3n) is 6.17. The summed E-state index contributed by atoms with van der Waals surface area (Å²) in [7, 11) is 0. The van der Waals surface area contributed by atoms with Crippen LogP contribution in [0, 0.1) is 6.57 Å². The van der Waals surface area contributed by atoms with Crippen molar-refractivity contribution < 1.29 is 23.1 Å². The Labute approximate surface area is 202 Å². The van der Waals surface area contributed by atoms with E-state index >= 15 is 0 Å². The fraction of sp³-hybridized carbons (Fsp3) is 0.500. The highest BCUT2D eigenvalue weighted by Gasteiger charge is 2.50. The molecule has 1 aromatic heterocycles. The molecule has 0 unspecified atom stereocenters. The van der Waals surface area contributed by atoms with Crippen molar-refractivity contribution in [1.29, 1.82) is 0 Å². The minimum atomic E-state index is -3.10. The maximum Gasteiger partial charge on any atom is 0.306 e. The monoisotopic (exact) mass is 486 g/mol. The van der Waals surface area contributed by atoms with Crippen molar-refractivity contribution in [3.63, 3.8) is 0 Å². The lowest BCUT2D eigenvalue weighted by Gasteiger charge is -2.26. The fourth-order valence-corrected chi connectivity index (χ4v) is 4.34. The molecule has 0 saturated carbocycles. The van der Waals surface area contributed by atoms with Crippen molar-refractivity contribution in [2.75, 3.05) is 52.4 Å². The molecule has 0 radical (unpaired) electrons. The molecule has 2 saturated heterocycles. The summed E-state index contributed by atoms with van der Waals surface area (Å²) in [6.07, 6.45) is 0.455. The third-order valence-corrected chi connectivity index (χ3v) is 6.17. The molecule has 1 aromatic carbocycles. The van der Waals surface area contributed by atoms with Crippen LogP contribution in [0.4, 0.5) is 8.78 Å². The minimum Gasteiger partial charge on any atom is -0.494 e. The van der Waals surface area contributed by atoms with E-state index in [4.69, 9.17) is 11.3 Å². The summed E-state index contributed by atoms with van der Waals surface area (Å²) in [5.74, 6) is -3.75. The van der Waals surface area contributed by atoms with Crippen molar-refractivity contribution in [2.24, 2.45) is 0 Å². The van der Waals surface area contributed by atoms with Crippen molar-refractivity contribution in [3.05, 3.63) is 47.4 Å². The summed E-state index contributed by atoms with van der Waals surface area (Å²) in [5, 5.41) is 6.37. The molecule has 0 spiro atoms. The van der Waals surface area contributed by atoms with Gasteiger partial charge in [-0.2, -0.15) is 0 Å². The number of ether oxygens (including phenoxy) is 1. The molecule has 0 bridgehead atoms. The number of alkyl halides is 2. The Morgan fingerprint density at radius 3 is 2.86 bits per heavy atom. The van der Waals surface area contributed by atoms with Crippen molar-refractivity contribution in [2.45, 2.75) is 24.9 Å². The highest BCUT2D eigenvalue weighted by molar-refractivity contribution is 6.07. The zero-order valence-corrected chi connectivity index (χ0v) is 19.3. The summed E-state index contributed by atoms with van der Waals surface area (Å²) in [5.41, 5.74) is 0.881. The van der Waals surface area contributed by atoms with Crippen molar-refractivity contribution in [3.8, 4) is 5.75 Å². The van der Waals surface area contributed by atoms with Crippen LogP contribution in [-0.2, 0) is 4.79 Å². The molecule has 2 aliphatic rings. The first-order valence-corrected chi connectivity index (χ1v) is 11.6. The Morgan fingerprint density at radius 2 is 2.09 bits per heavy atom. The number of likely N-dealkylation sites (tertiary alicyclic amines) is 1. The maximum absolute atomic E-state index is 13.6. The van der Waals surface area contributed by atoms with Gasteiger partial charge in [-0.15, -0.1) is 0 Å². The van der Waals surface area contributed by atoms with Crippen LogP contribution in [0.1, 0.15) is 23.2 Å².